The van der Waals surface area contributed by atoms with Crippen LogP contribution in [0.25, 0.3) is 0 Å². The summed E-state index contributed by atoms with van der Waals surface area (Å²) in [6.07, 6.45) is 6.08. The van der Waals surface area contributed by atoms with Crippen LogP contribution >= 0.6 is 0 Å². The summed E-state index contributed by atoms with van der Waals surface area (Å²) in [5, 5.41) is 4.13. The maximum atomic E-state index is 13.2. The van der Waals surface area contributed by atoms with E-state index in [9.17, 15) is 13.2 Å². The molecule has 1 aromatic carbocycles. The van der Waals surface area contributed by atoms with Crippen molar-refractivity contribution >= 4 is 15.9 Å². The standard InChI is InChI=1S/C22H24N4O6S/c1-30-18-8-4-9-19(32-16-6-3-7-16)20(18)33(28,29)25-21(27)17-11-10-15(22(24-17)31-2)14-26-13-5-12-23-26/h4-5,8-13,16H,3,6-7,14H2,1-2H3,(H,25,27). The number of hydrogen-bond acceptors (Lipinski definition) is 8. The van der Waals surface area contributed by atoms with Gasteiger partial charge in [0, 0.05) is 18.0 Å². The predicted molar refractivity (Wildman–Crippen MR) is 118 cm³/mol. The minimum absolute atomic E-state index is 0.0602. The fourth-order valence-electron chi connectivity index (χ4n) is 3.37. The Morgan fingerprint density at radius 2 is 1.91 bits per heavy atom. The van der Waals surface area contributed by atoms with Gasteiger partial charge in [0.25, 0.3) is 15.9 Å². The van der Waals surface area contributed by atoms with Crippen LogP contribution in [-0.2, 0) is 16.6 Å². The number of carbonyl (C=O) groups is 1. The Bertz CT molecular complexity index is 1240. The second-order valence-electron chi connectivity index (χ2n) is 7.46. The van der Waals surface area contributed by atoms with Crippen molar-refractivity contribution in [3.8, 4) is 17.4 Å². The highest BCUT2D eigenvalue weighted by molar-refractivity contribution is 7.90. The topological polar surface area (TPSA) is 122 Å². The smallest absolute Gasteiger partial charge is 0.283 e. The number of aromatic nitrogens is 3. The third kappa shape index (κ3) is 4.92. The molecule has 3 aromatic rings. The third-order valence-corrected chi connectivity index (χ3v) is 6.65. The van der Waals surface area contributed by atoms with Gasteiger partial charge in [0.05, 0.1) is 26.9 Å². The quantitative estimate of drug-likeness (QED) is 0.504. The van der Waals surface area contributed by atoms with Crippen LogP contribution in [0.15, 0.2) is 53.7 Å². The molecule has 2 heterocycles. The molecule has 33 heavy (non-hydrogen) atoms. The monoisotopic (exact) mass is 472 g/mol. The van der Waals surface area contributed by atoms with Gasteiger partial charge in [-0.15, -0.1) is 0 Å². The molecule has 174 valence electrons. The van der Waals surface area contributed by atoms with Crippen LogP contribution in [0.5, 0.6) is 17.4 Å². The number of methoxy groups -OCH3 is 2. The molecule has 0 bridgehead atoms. The number of sulfonamides is 1. The normalized spacial score (nSPS) is 13.8. The first-order valence-corrected chi connectivity index (χ1v) is 11.8. The summed E-state index contributed by atoms with van der Waals surface area (Å²) in [5.41, 5.74) is 0.567. The van der Waals surface area contributed by atoms with Crippen molar-refractivity contribution in [2.75, 3.05) is 14.2 Å². The molecule has 2 aromatic heterocycles. The molecule has 1 amide bonds. The first-order valence-electron chi connectivity index (χ1n) is 10.3. The van der Waals surface area contributed by atoms with Crippen molar-refractivity contribution in [1.29, 1.82) is 0 Å². The lowest BCUT2D eigenvalue weighted by molar-refractivity contribution is 0.0975. The van der Waals surface area contributed by atoms with Crippen molar-refractivity contribution < 1.29 is 27.4 Å². The van der Waals surface area contributed by atoms with Crippen molar-refractivity contribution in [3.63, 3.8) is 0 Å². The summed E-state index contributed by atoms with van der Waals surface area (Å²) in [7, 11) is -1.55. The Balaban J connectivity index is 1.59. The molecule has 0 atom stereocenters. The lowest BCUT2D eigenvalue weighted by atomic mass is 9.96. The second kappa shape index (κ2) is 9.49. The van der Waals surface area contributed by atoms with Gasteiger partial charge in [0.1, 0.15) is 17.2 Å². The van der Waals surface area contributed by atoms with Gasteiger partial charge in [0.15, 0.2) is 4.90 Å². The number of hydrogen-bond donors (Lipinski definition) is 1. The minimum Gasteiger partial charge on any atom is -0.495 e. The van der Waals surface area contributed by atoms with E-state index in [0.717, 1.165) is 19.3 Å². The average molecular weight is 473 g/mol. The Labute approximate surface area is 191 Å². The van der Waals surface area contributed by atoms with Crippen LogP contribution in [-0.4, -0.2) is 49.4 Å². The number of nitrogens with one attached hydrogen (secondary N) is 1. The van der Waals surface area contributed by atoms with Crippen LogP contribution in [0.4, 0.5) is 0 Å². The summed E-state index contributed by atoms with van der Waals surface area (Å²) in [6.45, 7) is 0.381. The zero-order valence-corrected chi connectivity index (χ0v) is 19.0. The van der Waals surface area contributed by atoms with E-state index in [0.29, 0.717) is 12.1 Å². The van der Waals surface area contributed by atoms with E-state index in [1.807, 2.05) is 0 Å². The van der Waals surface area contributed by atoms with Crippen molar-refractivity contribution in [3.05, 3.63) is 60.0 Å². The Morgan fingerprint density at radius 3 is 2.55 bits per heavy atom. The molecule has 0 unspecified atom stereocenters. The number of pyridine rings is 1. The molecule has 0 spiro atoms. The van der Waals surface area contributed by atoms with Crippen molar-refractivity contribution in [2.45, 2.75) is 36.8 Å². The summed E-state index contributed by atoms with van der Waals surface area (Å²) in [5.74, 6) is -0.493. The summed E-state index contributed by atoms with van der Waals surface area (Å²) < 4.78 is 46.5. The highest BCUT2D eigenvalue weighted by atomic mass is 32.2. The van der Waals surface area contributed by atoms with Gasteiger partial charge >= 0.3 is 0 Å². The average Bonchev–Trinajstić information content (AvgIpc) is 3.29. The number of ether oxygens (including phenoxy) is 3. The number of carbonyl (C=O) groups excluding carboxylic acids is 1. The molecule has 0 aliphatic heterocycles. The second-order valence-corrected chi connectivity index (χ2v) is 9.08. The summed E-state index contributed by atoms with van der Waals surface area (Å²) in [6, 6.07) is 9.54. The zero-order valence-electron chi connectivity index (χ0n) is 18.2. The highest BCUT2D eigenvalue weighted by Crippen LogP contribution is 2.36. The molecular weight excluding hydrogens is 448 g/mol. The van der Waals surface area contributed by atoms with Gasteiger partial charge in [-0.3, -0.25) is 9.48 Å². The fraction of sp³-hybridized carbons (Fsp3) is 0.318. The van der Waals surface area contributed by atoms with Gasteiger partial charge in [-0.2, -0.15) is 5.10 Å². The zero-order chi connectivity index (χ0) is 23.4. The van der Waals surface area contributed by atoms with Gasteiger partial charge in [-0.05, 0) is 49.6 Å². The molecular formula is C22H24N4O6S. The Morgan fingerprint density at radius 1 is 1.12 bits per heavy atom. The van der Waals surface area contributed by atoms with E-state index >= 15 is 0 Å². The van der Waals surface area contributed by atoms with Crippen LogP contribution in [0.3, 0.4) is 0 Å². The number of amides is 1. The van der Waals surface area contributed by atoms with Gasteiger partial charge in [0.2, 0.25) is 5.88 Å². The Hall–Kier alpha value is -3.60. The first kappa shape index (κ1) is 22.6. The molecule has 11 heteroatoms. The third-order valence-electron chi connectivity index (χ3n) is 5.26. The van der Waals surface area contributed by atoms with Crippen LogP contribution in [0, 0.1) is 0 Å². The minimum atomic E-state index is -4.33. The predicted octanol–water partition coefficient (Wildman–Crippen LogP) is 2.39. The van der Waals surface area contributed by atoms with E-state index in [4.69, 9.17) is 14.2 Å². The molecule has 0 radical (unpaired) electrons. The molecule has 1 saturated carbocycles. The molecule has 1 aliphatic carbocycles. The lowest BCUT2D eigenvalue weighted by Gasteiger charge is -2.27. The van der Waals surface area contributed by atoms with E-state index in [1.54, 1.807) is 41.3 Å². The lowest BCUT2D eigenvalue weighted by Crippen LogP contribution is -2.33. The summed E-state index contributed by atoms with van der Waals surface area (Å²) in [4.78, 5) is 16.8. The van der Waals surface area contributed by atoms with Crippen LogP contribution in [0.1, 0.15) is 35.3 Å². The molecule has 4 rings (SSSR count). The number of rotatable bonds is 9. The van der Waals surface area contributed by atoms with E-state index in [1.165, 1.54) is 26.4 Å². The van der Waals surface area contributed by atoms with Crippen molar-refractivity contribution in [1.82, 2.24) is 19.5 Å². The molecule has 1 aliphatic rings. The Kier molecular flexibility index (Phi) is 6.50. The highest BCUT2D eigenvalue weighted by Gasteiger charge is 2.30. The van der Waals surface area contributed by atoms with Crippen LogP contribution in [0.2, 0.25) is 0 Å². The molecule has 1 N–H and O–H groups in total. The molecule has 1 fully saturated rings. The largest absolute Gasteiger partial charge is 0.495 e. The summed E-state index contributed by atoms with van der Waals surface area (Å²) >= 11 is 0. The van der Waals surface area contributed by atoms with Gasteiger partial charge < -0.3 is 14.2 Å². The van der Waals surface area contributed by atoms with E-state index in [2.05, 4.69) is 14.8 Å². The maximum Gasteiger partial charge on any atom is 0.283 e. The number of benzene rings is 1. The SMILES string of the molecule is COc1cccc(OC2CCC2)c1S(=O)(=O)NC(=O)c1ccc(Cn2cccn2)c(OC)n1. The van der Waals surface area contributed by atoms with E-state index in [-0.39, 0.29) is 34.1 Å². The van der Waals surface area contributed by atoms with E-state index < -0.39 is 15.9 Å². The number of nitrogens with zero attached hydrogens (tertiary/aromatic N) is 3. The molecule has 0 saturated heterocycles. The van der Waals surface area contributed by atoms with Gasteiger partial charge in [-0.1, -0.05) is 6.07 Å². The fourth-order valence-corrected chi connectivity index (χ4v) is 4.62. The maximum absolute atomic E-state index is 13.2. The van der Waals surface area contributed by atoms with Crippen LogP contribution < -0.4 is 18.9 Å². The first-order chi connectivity index (χ1) is 15.9. The molecule has 10 nitrogen and oxygen atoms in total. The van der Waals surface area contributed by atoms with Gasteiger partial charge in [-0.25, -0.2) is 18.1 Å². The van der Waals surface area contributed by atoms with Crippen molar-refractivity contribution in [2.24, 2.45) is 0 Å².